The van der Waals surface area contributed by atoms with Gasteiger partial charge in [0.15, 0.2) is 0 Å². The third-order valence-corrected chi connectivity index (χ3v) is 5.53. The minimum absolute atomic E-state index is 0.116. The van der Waals surface area contributed by atoms with Gasteiger partial charge in [-0.1, -0.05) is 30.3 Å². The number of nitrogens with two attached hydrogens (primary N) is 1. The third-order valence-electron chi connectivity index (χ3n) is 4.62. The highest BCUT2D eigenvalue weighted by Crippen LogP contribution is 2.21. The highest BCUT2D eigenvalue weighted by atomic mass is 32.2. The second-order valence-corrected chi connectivity index (χ2v) is 8.43. The monoisotopic (exact) mass is 444 g/mol. The van der Waals surface area contributed by atoms with Crippen molar-refractivity contribution in [3.05, 3.63) is 81.8 Å². The zero-order valence-corrected chi connectivity index (χ0v) is 17.2. The second-order valence-electron chi connectivity index (χ2n) is 6.87. The number of aromatic nitrogens is 2. The number of aliphatic carboxylic acids is 1. The Kier molecular flexibility index (Phi) is 6.09. The quantitative estimate of drug-likeness (QED) is 0.426. The molecular weight excluding hydrogens is 424 g/mol. The first kappa shape index (κ1) is 22.0. The van der Waals surface area contributed by atoms with E-state index in [1.54, 1.807) is 31.2 Å². The molecule has 1 aromatic heterocycles. The van der Waals surface area contributed by atoms with Crippen molar-refractivity contribution in [3.8, 4) is 5.69 Å². The van der Waals surface area contributed by atoms with E-state index in [0.29, 0.717) is 5.56 Å². The molecule has 0 radical (unpaired) electrons. The average molecular weight is 444 g/mol. The molecule has 3 aromatic rings. The van der Waals surface area contributed by atoms with Crippen LogP contribution in [0.15, 0.2) is 64.3 Å². The predicted octanol–water partition coefficient (Wildman–Crippen LogP) is 1.07. The molecule has 0 fully saturated rings. The number of carboxylic acid groups (broad SMARTS) is 1. The van der Waals surface area contributed by atoms with Gasteiger partial charge >= 0.3 is 5.97 Å². The fourth-order valence-electron chi connectivity index (χ4n) is 3.13. The van der Waals surface area contributed by atoms with E-state index >= 15 is 0 Å². The molecule has 5 N–H and O–H groups in total. The van der Waals surface area contributed by atoms with Gasteiger partial charge in [-0.3, -0.25) is 19.5 Å². The number of aryl methyl sites for hydroxylation is 1. The van der Waals surface area contributed by atoms with Gasteiger partial charge in [-0.25, -0.2) is 18.2 Å². The molecule has 0 aliphatic rings. The Morgan fingerprint density at radius 3 is 2.52 bits per heavy atom. The van der Waals surface area contributed by atoms with Crippen LogP contribution < -0.4 is 16.0 Å². The largest absolute Gasteiger partial charge is 0.481 e. The van der Waals surface area contributed by atoms with Crippen LogP contribution in [0.3, 0.4) is 0 Å². The van der Waals surface area contributed by atoms with Crippen LogP contribution in [0, 0.1) is 6.92 Å². The van der Waals surface area contributed by atoms with E-state index in [1.807, 2.05) is 0 Å². The van der Waals surface area contributed by atoms with E-state index < -0.39 is 33.5 Å². The van der Waals surface area contributed by atoms with E-state index in [1.165, 1.54) is 24.3 Å². The molecule has 1 atom stereocenters. The van der Waals surface area contributed by atoms with Gasteiger partial charge in [0.2, 0.25) is 10.0 Å². The van der Waals surface area contributed by atoms with Gasteiger partial charge in [0, 0.05) is 6.07 Å². The summed E-state index contributed by atoms with van der Waals surface area (Å²) in [5, 5.41) is 19.6. The molecule has 0 spiro atoms. The number of hydrogen-bond acceptors (Lipinski definition) is 5. The highest BCUT2D eigenvalue weighted by molar-refractivity contribution is 7.89. The lowest BCUT2D eigenvalue weighted by Crippen LogP contribution is -2.31. The molecular formula is C20H20N4O6S. The summed E-state index contributed by atoms with van der Waals surface area (Å²) in [6, 6.07) is 12.6. The smallest absolute Gasteiger partial charge is 0.305 e. The number of carbonyl (C=O) groups is 2. The van der Waals surface area contributed by atoms with Crippen LogP contribution in [0.4, 0.5) is 0 Å². The zero-order chi connectivity index (χ0) is 22.8. The number of carbonyl (C=O) groups excluding carboxylic acids is 1. The van der Waals surface area contributed by atoms with Crippen molar-refractivity contribution in [1.29, 1.82) is 0 Å². The molecule has 31 heavy (non-hydrogen) atoms. The Morgan fingerprint density at radius 1 is 1.16 bits per heavy atom. The highest BCUT2D eigenvalue weighted by Gasteiger charge is 2.22. The number of hydrogen-bond donors (Lipinski definition) is 4. The summed E-state index contributed by atoms with van der Waals surface area (Å²) in [5.74, 6) is -1.78. The van der Waals surface area contributed by atoms with Crippen LogP contribution in [0.5, 0.6) is 0 Å². The topological polar surface area (TPSA) is 164 Å². The first-order chi connectivity index (χ1) is 14.6. The van der Waals surface area contributed by atoms with Gasteiger partial charge in [0.05, 0.1) is 23.0 Å². The van der Waals surface area contributed by atoms with E-state index in [-0.39, 0.29) is 22.7 Å². The molecule has 0 aliphatic heterocycles. The number of nitrogens with zero attached hydrogens (tertiary/aromatic N) is 1. The molecule has 1 amide bonds. The van der Waals surface area contributed by atoms with Crippen LogP contribution in [-0.4, -0.2) is 35.2 Å². The van der Waals surface area contributed by atoms with Crippen LogP contribution in [0.2, 0.25) is 0 Å². The Morgan fingerprint density at radius 2 is 1.87 bits per heavy atom. The molecule has 10 nitrogen and oxygen atoms in total. The molecule has 1 heterocycles. The summed E-state index contributed by atoms with van der Waals surface area (Å²) in [5.41, 5.74) is 0.884. The van der Waals surface area contributed by atoms with Gasteiger partial charge in [0.25, 0.3) is 11.5 Å². The normalized spacial score (nSPS) is 12.3. The van der Waals surface area contributed by atoms with Crippen molar-refractivity contribution in [2.75, 3.05) is 0 Å². The summed E-state index contributed by atoms with van der Waals surface area (Å²) < 4.78 is 24.1. The molecule has 3 rings (SSSR count). The van der Waals surface area contributed by atoms with Crippen LogP contribution in [-0.2, 0) is 14.8 Å². The van der Waals surface area contributed by atoms with Crippen molar-refractivity contribution >= 4 is 21.9 Å². The van der Waals surface area contributed by atoms with Crippen molar-refractivity contribution in [2.45, 2.75) is 24.3 Å². The number of carboxylic acids is 1. The maximum atomic E-state index is 12.7. The molecule has 0 saturated carbocycles. The zero-order valence-electron chi connectivity index (χ0n) is 16.4. The summed E-state index contributed by atoms with van der Waals surface area (Å²) >= 11 is 0. The van der Waals surface area contributed by atoms with Crippen molar-refractivity contribution in [2.24, 2.45) is 5.14 Å². The van der Waals surface area contributed by atoms with Crippen LogP contribution in [0.25, 0.3) is 5.69 Å². The number of rotatable bonds is 7. The van der Waals surface area contributed by atoms with Gasteiger partial charge in [-0.2, -0.15) is 0 Å². The first-order valence-corrected chi connectivity index (χ1v) is 10.6. The Labute approximate surface area is 177 Å². The summed E-state index contributed by atoms with van der Waals surface area (Å²) in [7, 11) is -3.98. The number of benzene rings is 2. The van der Waals surface area contributed by atoms with E-state index in [2.05, 4.69) is 10.4 Å². The maximum absolute atomic E-state index is 12.7. The summed E-state index contributed by atoms with van der Waals surface area (Å²) in [4.78, 5) is 36.2. The van der Waals surface area contributed by atoms with Crippen LogP contribution >= 0.6 is 0 Å². The Balaban J connectivity index is 1.92. The minimum atomic E-state index is -3.98. The lowest BCUT2D eigenvalue weighted by molar-refractivity contribution is -0.137. The number of sulfonamides is 1. The molecule has 2 aromatic carbocycles. The first-order valence-electron chi connectivity index (χ1n) is 9.10. The van der Waals surface area contributed by atoms with E-state index in [0.717, 1.165) is 16.3 Å². The lowest BCUT2D eigenvalue weighted by atomic mass is 9.98. The molecule has 0 bridgehead atoms. The third kappa shape index (κ3) is 5.08. The Hall–Kier alpha value is -3.70. The molecule has 11 heteroatoms. The minimum Gasteiger partial charge on any atom is -0.481 e. The SMILES string of the molecule is Cc1ccccc1[C@H](CC(=O)O)NC(=O)c1cc(=O)n(-c2cccc(S(N)(=O)=O)c2)[nH]1. The second kappa shape index (κ2) is 8.58. The van der Waals surface area contributed by atoms with Gasteiger partial charge < -0.3 is 10.4 Å². The number of H-pyrrole nitrogens is 1. The predicted molar refractivity (Wildman–Crippen MR) is 111 cm³/mol. The van der Waals surface area contributed by atoms with Crippen molar-refractivity contribution < 1.29 is 23.1 Å². The van der Waals surface area contributed by atoms with Crippen molar-refractivity contribution in [3.63, 3.8) is 0 Å². The number of amides is 1. The van der Waals surface area contributed by atoms with Gasteiger partial charge in [-0.05, 0) is 36.2 Å². The Bertz CT molecular complexity index is 1310. The fraction of sp³-hybridized carbons (Fsp3) is 0.150. The van der Waals surface area contributed by atoms with Gasteiger partial charge in [0.1, 0.15) is 5.69 Å². The standard InChI is InChI=1S/C20H20N4O6S/c1-12-5-2-3-8-15(12)16(11-19(26)27)22-20(28)17-10-18(25)24(23-17)13-6-4-7-14(9-13)31(21,29)30/h2-10,16,23H,11H2,1H3,(H,22,28)(H,26,27)(H2,21,29,30)/t16-/m0/s1. The summed E-state index contributed by atoms with van der Waals surface area (Å²) in [6.07, 6.45) is -0.349. The summed E-state index contributed by atoms with van der Waals surface area (Å²) in [6.45, 7) is 1.80. The number of aromatic amines is 1. The molecule has 162 valence electrons. The van der Waals surface area contributed by atoms with E-state index in [9.17, 15) is 27.9 Å². The maximum Gasteiger partial charge on any atom is 0.305 e. The lowest BCUT2D eigenvalue weighted by Gasteiger charge is -2.19. The molecule has 0 unspecified atom stereocenters. The number of primary sulfonamides is 1. The van der Waals surface area contributed by atoms with Gasteiger partial charge in [-0.15, -0.1) is 0 Å². The number of nitrogens with one attached hydrogen (secondary N) is 2. The average Bonchev–Trinajstić information content (AvgIpc) is 3.09. The van der Waals surface area contributed by atoms with Crippen LogP contribution in [0.1, 0.15) is 34.1 Å². The molecule has 0 aliphatic carbocycles. The fourth-order valence-corrected chi connectivity index (χ4v) is 3.68. The van der Waals surface area contributed by atoms with E-state index in [4.69, 9.17) is 5.14 Å². The molecule has 0 saturated heterocycles. The van der Waals surface area contributed by atoms with Crippen molar-refractivity contribution in [1.82, 2.24) is 15.1 Å².